The number of carbonyl (C=O) groups is 2. The van der Waals surface area contributed by atoms with Crippen molar-refractivity contribution in [3.63, 3.8) is 0 Å². The zero-order valence-corrected chi connectivity index (χ0v) is 15.1. The van der Waals surface area contributed by atoms with Crippen LogP contribution in [0.1, 0.15) is 28.2 Å². The number of methoxy groups -OCH3 is 1. The smallest absolute Gasteiger partial charge is 0.305 e. The number of aromatic nitrogens is 1. The molecule has 1 aromatic heterocycles. The van der Waals surface area contributed by atoms with Gasteiger partial charge in [-0.05, 0) is 31.0 Å². The third-order valence-electron chi connectivity index (χ3n) is 4.12. The molecule has 0 saturated heterocycles. The summed E-state index contributed by atoms with van der Waals surface area (Å²) in [7, 11) is 1.35. The SMILES string of the molecule is C=CCn1c(C)c(C(N)=O)c(-c2ccc(Cl)cc2)c1CCC(=O)OC. The normalized spacial score (nSPS) is 10.5. The lowest BCUT2D eigenvalue weighted by Crippen LogP contribution is -2.13. The highest BCUT2D eigenvalue weighted by atomic mass is 35.5. The molecular formula is C19H21ClN2O3. The van der Waals surface area contributed by atoms with Crippen molar-refractivity contribution in [2.24, 2.45) is 5.73 Å². The minimum atomic E-state index is -0.510. The summed E-state index contributed by atoms with van der Waals surface area (Å²) in [5.74, 6) is -0.823. The highest BCUT2D eigenvalue weighted by molar-refractivity contribution is 6.30. The Morgan fingerprint density at radius 3 is 2.48 bits per heavy atom. The maximum atomic E-state index is 12.1. The molecule has 0 bridgehead atoms. The monoisotopic (exact) mass is 360 g/mol. The van der Waals surface area contributed by atoms with Crippen LogP contribution in [0.25, 0.3) is 11.1 Å². The average molecular weight is 361 g/mol. The number of ether oxygens (including phenoxy) is 1. The van der Waals surface area contributed by atoms with Gasteiger partial charge in [-0.2, -0.15) is 0 Å². The molecule has 5 nitrogen and oxygen atoms in total. The van der Waals surface area contributed by atoms with E-state index in [1.54, 1.807) is 18.2 Å². The Kier molecular flexibility index (Phi) is 6.04. The molecule has 1 heterocycles. The van der Waals surface area contributed by atoms with Crippen LogP contribution in [-0.2, 0) is 22.5 Å². The quantitative estimate of drug-likeness (QED) is 0.606. The number of hydrogen-bond acceptors (Lipinski definition) is 3. The van der Waals surface area contributed by atoms with Crippen molar-refractivity contribution >= 4 is 23.5 Å². The van der Waals surface area contributed by atoms with E-state index < -0.39 is 5.91 Å². The highest BCUT2D eigenvalue weighted by Gasteiger charge is 2.24. The Morgan fingerprint density at radius 1 is 1.32 bits per heavy atom. The summed E-state index contributed by atoms with van der Waals surface area (Å²) >= 11 is 5.98. The van der Waals surface area contributed by atoms with Crippen LogP contribution < -0.4 is 5.73 Å². The molecule has 0 fully saturated rings. The summed E-state index contributed by atoms with van der Waals surface area (Å²) in [6.07, 6.45) is 2.37. The van der Waals surface area contributed by atoms with Crippen molar-refractivity contribution < 1.29 is 14.3 Å². The van der Waals surface area contributed by atoms with Gasteiger partial charge in [0, 0.05) is 28.5 Å². The first kappa shape index (κ1) is 18.8. The van der Waals surface area contributed by atoms with Crippen molar-refractivity contribution in [2.45, 2.75) is 26.3 Å². The predicted octanol–water partition coefficient (Wildman–Crippen LogP) is 3.51. The second-order valence-corrected chi connectivity index (χ2v) is 6.07. The predicted molar refractivity (Wildman–Crippen MR) is 98.7 cm³/mol. The number of hydrogen-bond donors (Lipinski definition) is 1. The van der Waals surface area contributed by atoms with Gasteiger partial charge in [-0.15, -0.1) is 6.58 Å². The molecule has 1 amide bonds. The lowest BCUT2D eigenvalue weighted by Gasteiger charge is -2.11. The van der Waals surface area contributed by atoms with Crippen molar-refractivity contribution in [1.82, 2.24) is 4.57 Å². The van der Waals surface area contributed by atoms with E-state index in [0.29, 0.717) is 23.6 Å². The molecule has 0 aliphatic rings. The van der Waals surface area contributed by atoms with Gasteiger partial charge in [0.25, 0.3) is 5.91 Å². The van der Waals surface area contributed by atoms with E-state index in [4.69, 9.17) is 22.1 Å². The molecular weight excluding hydrogens is 340 g/mol. The summed E-state index contributed by atoms with van der Waals surface area (Å²) in [6.45, 7) is 6.12. The third-order valence-corrected chi connectivity index (χ3v) is 4.37. The van der Waals surface area contributed by atoms with Crippen LogP contribution in [0.2, 0.25) is 5.02 Å². The van der Waals surface area contributed by atoms with Crippen LogP contribution in [-0.4, -0.2) is 23.6 Å². The highest BCUT2D eigenvalue weighted by Crippen LogP contribution is 2.34. The summed E-state index contributed by atoms with van der Waals surface area (Å²) < 4.78 is 6.70. The maximum absolute atomic E-state index is 12.1. The molecule has 132 valence electrons. The molecule has 0 radical (unpaired) electrons. The molecule has 0 saturated carbocycles. The Bertz CT molecular complexity index is 807. The molecule has 0 unspecified atom stereocenters. The molecule has 2 N–H and O–H groups in total. The van der Waals surface area contributed by atoms with Crippen LogP contribution in [0.4, 0.5) is 0 Å². The van der Waals surface area contributed by atoms with Gasteiger partial charge in [0.1, 0.15) is 0 Å². The number of halogens is 1. The maximum Gasteiger partial charge on any atom is 0.305 e. The van der Waals surface area contributed by atoms with Gasteiger partial charge in [-0.25, -0.2) is 0 Å². The van der Waals surface area contributed by atoms with Gasteiger partial charge in [0.2, 0.25) is 0 Å². The van der Waals surface area contributed by atoms with E-state index in [9.17, 15) is 9.59 Å². The minimum absolute atomic E-state index is 0.204. The molecule has 1 aromatic carbocycles. The Labute approximate surface area is 152 Å². The van der Waals surface area contributed by atoms with Crippen molar-refractivity contribution in [2.75, 3.05) is 7.11 Å². The number of nitrogens with two attached hydrogens (primary N) is 1. The first-order valence-electron chi connectivity index (χ1n) is 7.86. The number of esters is 1. The number of nitrogens with zero attached hydrogens (tertiary/aromatic N) is 1. The Hall–Kier alpha value is -2.53. The van der Waals surface area contributed by atoms with Gasteiger partial charge >= 0.3 is 5.97 Å². The lowest BCUT2D eigenvalue weighted by atomic mass is 9.98. The fraction of sp³-hybridized carbons (Fsp3) is 0.263. The first-order valence-corrected chi connectivity index (χ1v) is 8.23. The standard InChI is InChI=1S/C19H21ClN2O3/c1-4-11-22-12(2)17(19(21)24)18(13-5-7-14(20)8-6-13)15(22)9-10-16(23)25-3/h4-8H,1,9-11H2,2-3H3,(H2,21,24). The minimum Gasteiger partial charge on any atom is -0.469 e. The van der Waals surface area contributed by atoms with E-state index in [0.717, 1.165) is 22.5 Å². The van der Waals surface area contributed by atoms with Gasteiger partial charge in [0.05, 0.1) is 19.1 Å². The molecule has 2 rings (SSSR count). The summed E-state index contributed by atoms with van der Waals surface area (Å²) in [4.78, 5) is 23.7. The largest absolute Gasteiger partial charge is 0.469 e. The van der Waals surface area contributed by atoms with Crippen LogP contribution in [0.3, 0.4) is 0 Å². The van der Waals surface area contributed by atoms with E-state index in [1.165, 1.54) is 7.11 Å². The number of benzene rings is 1. The summed E-state index contributed by atoms with van der Waals surface area (Å²) in [5.41, 5.74) is 9.24. The molecule has 0 atom stereocenters. The average Bonchev–Trinajstić information content (AvgIpc) is 2.86. The van der Waals surface area contributed by atoms with Crippen LogP contribution in [0.15, 0.2) is 36.9 Å². The molecule has 0 spiro atoms. The van der Waals surface area contributed by atoms with Crippen molar-refractivity contribution in [1.29, 1.82) is 0 Å². The topological polar surface area (TPSA) is 74.3 Å². The second-order valence-electron chi connectivity index (χ2n) is 5.63. The number of carbonyl (C=O) groups excluding carboxylic acids is 2. The lowest BCUT2D eigenvalue weighted by molar-refractivity contribution is -0.140. The van der Waals surface area contributed by atoms with E-state index in [2.05, 4.69) is 6.58 Å². The van der Waals surface area contributed by atoms with Gasteiger partial charge in [-0.3, -0.25) is 9.59 Å². The number of rotatable bonds is 7. The first-order chi connectivity index (χ1) is 11.9. The van der Waals surface area contributed by atoms with Crippen molar-refractivity contribution in [3.8, 4) is 11.1 Å². The van der Waals surface area contributed by atoms with Crippen molar-refractivity contribution in [3.05, 3.63) is 58.9 Å². The zero-order chi connectivity index (χ0) is 18.6. The number of primary amides is 1. The van der Waals surface area contributed by atoms with E-state index in [-0.39, 0.29) is 12.4 Å². The number of allylic oxidation sites excluding steroid dienone is 1. The zero-order valence-electron chi connectivity index (χ0n) is 14.3. The van der Waals surface area contributed by atoms with E-state index >= 15 is 0 Å². The molecule has 25 heavy (non-hydrogen) atoms. The van der Waals surface area contributed by atoms with Crippen LogP contribution in [0.5, 0.6) is 0 Å². The molecule has 2 aromatic rings. The molecule has 0 aliphatic carbocycles. The Morgan fingerprint density at radius 2 is 1.96 bits per heavy atom. The fourth-order valence-corrected chi connectivity index (χ4v) is 3.11. The Balaban J connectivity index is 2.68. The third kappa shape index (κ3) is 3.94. The summed E-state index contributed by atoms with van der Waals surface area (Å²) in [5, 5.41) is 0.600. The van der Waals surface area contributed by atoms with Crippen LogP contribution >= 0.6 is 11.6 Å². The molecule has 6 heteroatoms. The van der Waals surface area contributed by atoms with Gasteiger partial charge in [0.15, 0.2) is 0 Å². The van der Waals surface area contributed by atoms with E-state index in [1.807, 2.05) is 23.6 Å². The number of amides is 1. The fourth-order valence-electron chi connectivity index (χ4n) is 2.99. The molecule has 0 aliphatic heterocycles. The second kappa shape index (κ2) is 8.03. The van der Waals surface area contributed by atoms with Gasteiger partial charge < -0.3 is 15.0 Å². The van der Waals surface area contributed by atoms with Gasteiger partial charge in [-0.1, -0.05) is 29.8 Å². The summed E-state index contributed by atoms with van der Waals surface area (Å²) in [6, 6.07) is 7.19. The van der Waals surface area contributed by atoms with Crippen LogP contribution in [0, 0.1) is 6.92 Å².